The van der Waals surface area contributed by atoms with Crippen molar-refractivity contribution >= 4 is 0 Å². The molecule has 0 aromatic heterocycles. The van der Waals surface area contributed by atoms with Gasteiger partial charge in [-0.3, -0.25) is 0 Å². The van der Waals surface area contributed by atoms with Gasteiger partial charge in [0.15, 0.2) is 0 Å². The molecule has 0 spiro atoms. The Labute approximate surface area is 104 Å². The molecule has 1 rings (SSSR count). The van der Waals surface area contributed by atoms with Crippen molar-refractivity contribution in [2.24, 2.45) is 17.6 Å². The van der Waals surface area contributed by atoms with Crippen molar-refractivity contribution in [3.63, 3.8) is 0 Å². The van der Waals surface area contributed by atoms with Crippen LogP contribution in [-0.4, -0.2) is 6.54 Å². The fourth-order valence-corrected chi connectivity index (χ4v) is 2.12. The van der Waals surface area contributed by atoms with Crippen molar-refractivity contribution in [2.75, 3.05) is 6.54 Å². The smallest absolute Gasteiger partial charge is 0.123 e. The van der Waals surface area contributed by atoms with Crippen molar-refractivity contribution < 1.29 is 4.39 Å². The van der Waals surface area contributed by atoms with E-state index in [1.807, 2.05) is 6.07 Å². The van der Waals surface area contributed by atoms with E-state index in [0.29, 0.717) is 12.5 Å². The van der Waals surface area contributed by atoms with Gasteiger partial charge >= 0.3 is 0 Å². The predicted molar refractivity (Wildman–Crippen MR) is 71.3 cm³/mol. The van der Waals surface area contributed by atoms with Crippen LogP contribution in [0, 0.1) is 17.7 Å². The van der Waals surface area contributed by atoms with Gasteiger partial charge in [-0.1, -0.05) is 38.8 Å². The van der Waals surface area contributed by atoms with E-state index in [-0.39, 0.29) is 5.82 Å². The first-order valence-corrected chi connectivity index (χ1v) is 6.56. The summed E-state index contributed by atoms with van der Waals surface area (Å²) in [6, 6.07) is 6.85. The van der Waals surface area contributed by atoms with Gasteiger partial charge in [0.1, 0.15) is 5.82 Å². The molecule has 2 heteroatoms. The quantitative estimate of drug-likeness (QED) is 0.767. The standard InChI is InChI=1S/C15H24FN/c1-12(2)5-3-7-14(11-17)9-13-6-4-8-15(16)10-13/h4,6,8,10,12,14H,3,5,7,9,11,17H2,1-2H3. The second-order valence-electron chi connectivity index (χ2n) is 5.26. The minimum Gasteiger partial charge on any atom is -0.330 e. The Morgan fingerprint density at radius 3 is 2.59 bits per heavy atom. The molecule has 0 heterocycles. The van der Waals surface area contributed by atoms with Crippen LogP contribution in [0.25, 0.3) is 0 Å². The predicted octanol–water partition coefficient (Wildman–Crippen LogP) is 3.77. The van der Waals surface area contributed by atoms with Crippen LogP contribution < -0.4 is 5.73 Å². The highest BCUT2D eigenvalue weighted by Crippen LogP contribution is 2.17. The first kappa shape index (κ1) is 14.2. The zero-order chi connectivity index (χ0) is 12.7. The summed E-state index contributed by atoms with van der Waals surface area (Å²) in [4.78, 5) is 0. The summed E-state index contributed by atoms with van der Waals surface area (Å²) in [6.07, 6.45) is 4.51. The Hall–Kier alpha value is -0.890. The zero-order valence-corrected chi connectivity index (χ0v) is 11.0. The Bertz CT molecular complexity index is 322. The Morgan fingerprint density at radius 1 is 1.24 bits per heavy atom. The SMILES string of the molecule is CC(C)CCCC(CN)Cc1cccc(F)c1. The third-order valence-corrected chi connectivity index (χ3v) is 3.14. The molecule has 17 heavy (non-hydrogen) atoms. The van der Waals surface area contributed by atoms with Crippen LogP contribution >= 0.6 is 0 Å². The van der Waals surface area contributed by atoms with Crippen LogP contribution in [0.15, 0.2) is 24.3 Å². The molecule has 0 fully saturated rings. The molecule has 1 nitrogen and oxygen atoms in total. The van der Waals surface area contributed by atoms with Gasteiger partial charge in [0.25, 0.3) is 0 Å². The molecular formula is C15H24FN. The van der Waals surface area contributed by atoms with Crippen molar-refractivity contribution in [3.8, 4) is 0 Å². The molecule has 2 N–H and O–H groups in total. The lowest BCUT2D eigenvalue weighted by molar-refractivity contribution is 0.436. The van der Waals surface area contributed by atoms with Gasteiger partial charge in [0.2, 0.25) is 0 Å². The second-order valence-corrected chi connectivity index (χ2v) is 5.26. The molecule has 0 radical (unpaired) electrons. The molecule has 0 aliphatic rings. The average Bonchev–Trinajstić information content (AvgIpc) is 2.27. The summed E-state index contributed by atoms with van der Waals surface area (Å²) in [5.74, 6) is 1.08. The third kappa shape index (κ3) is 5.83. The normalized spacial score (nSPS) is 13.0. The lowest BCUT2D eigenvalue weighted by atomic mass is 9.92. The van der Waals surface area contributed by atoms with Crippen LogP contribution in [0.1, 0.15) is 38.7 Å². The highest BCUT2D eigenvalue weighted by atomic mass is 19.1. The fourth-order valence-electron chi connectivity index (χ4n) is 2.12. The van der Waals surface area contributed by atoms with E-state index < -0.39 is 0 Å². The molecule has 1 aromatic rings. The van der Waals surface area contributed by atoms with Gasteiger partial charge < -0.3 is 5.73 Å². The first-order chi connectivity index (χ1) is 8.11. The second kappa shape index (κ2) is 7.44. The molecule has 0 aliphatic carbocycles. The van der Waals surface area contributed by atoms with E-state index in [4.69, 9.17) is 5.73 Å². The van der Waals surface area contributed by atoms with E-state index in [0.717, 1.165) is 24.3 Å². The Kier molecular flexibility index (Phi) is 6.20. The molecule has 0 amide bonds. The average molecular weight is 237 g/mol. The summed E-state index contributed by atoms with van der Waals surface area (Å²) in [6.45, 7) is 5.17. The Balaban J connectivity index is 2.41. The van der Waals surface area contributed by atoms with Crippen LogP contribution in [-0.2, 0) is 6.42 Å². The maximum atomic E-state index is 13.0. The molecule has 1 atom stereocenters. The van der Waals surface area contributed by atoms with E-state index >= 15 is 0 Å². The summed E-state index contributed by atoms with van der Waals surface area (Å²) in [5, 5.41) is 0. The van der Waals surface area contributed by atoms with Gasteiger partial charge in [-0.05, 0) is 48.9 Å². The number of halogens is 1. The number of hydrogen-bond acceptors (Lipinski definition) is 1. The van der Waals surface area contributed by atoms with Crippen LogP contribution in [0.4, 0.5) is 4.39 Å². The number of rotatable bonds is 7. The molecule has 0 saturated heterocycles. The van der Waals surface area contributed by atoms with Crippen molar-refractivity contribution in [1.29, 1.82) is 0 Å². The van der Waals surface area contributed by atoms with Gasteiger partial charge in [0.05, 0.1) is 0 Å². The largest absolute Gasteiger partial charge is 0.330 e. The highest BCUT2D eigenvalue weighted by Gasteiger charge is 2.08. The van der Waals surface area contributed by atoms with Gasteiger partial charge in [-0.15, -0.1) is 0 Å². The summed E-state index contributed by atoms with van der Waals surface area (Å²) >= 11 is 0. The lowest BCUT2D eigenvalue weighted by Crippen LogP contribution is -2.17. The van der Waals surface area contributed by atoms with E-state index in [1.165, 1.54) is 18.9 Å². The third-order valence-electron chi connectivity index (χ3n) is 3.14. The topological polar surface area (TPSA) is 26.0 Å². The maximum Gasteiger partial charge on any atom is 0.123 e. The van der Waals surface area contributed by atoms with E-state index in [2.05, 4.69) is 13.8 Å². The number of nitrogens with two attached hydrogens (primary N) is 1. The molecule has 96 valence electrons. The minimum absolute atomic E-state index is 0.152. The number of benzene rings is 1. The molecule has 0 bridgehead atoms. The Morgan fingerprint density at radius 2 is 2.00 bits per heavy atom. The molecule has 0 aliphatic heterocycles. The van der Waals surface area contributed by atoms with Gasteiger partial charge in [0, 0.05) is 0 Å². The van der Waals surface area contributed by atoms with Gasteiger partial charge in [-0.25, -0.2) is 4.39 Å². The van der Waals surface area contributed by atoms with Crippen LogP contribution in [0.5, 0.6) is 0 Å². The fraction of sp³-hybridized carbons (Fsp3) is 0.600. The van der Waals surface area contributed by atoms with Crippen molar-refractivity contribution in [3.05, 3.63) is 35.6 Å². The molecule has 1 unspecified atom stereocenters. The molecular weight excluding hydrogens is 213 g/mol. The first-order valence-electron chi connectivity index (χ1n) is 6.56. The molecule has 1 aromatic carbocycles. The van der Waals surface area contributed by atoms with E-state index in [9.17, 15) is 4.39 Å². The summed E-state index contributed by atoms with van der Waals surface area (Å²) in [5.41, 5.74) is 6.84. The lowest BCUT2D eigenvalue weighted by Gasteiger charge is -2.15. The summed E-state index contributed by atoms with van der Waals surface area (Å²) < 4.78 is 13.0. The van der Waals surface area contributed by atoms with Crippen molar-refractivity contribution in [1.82, 2.24) is 0 Å². The van der Waals surface area contributed by atoms with Crippen molar-refractivity contribution in [2.45, 2.75) is 39.5 Å². The van der Waals surface area contributed by atoms with Crippen LogP contribution in [0.3, 0.4) is 0 Å². The monoisotopic (exact) mass is 237 g/mol. The minimum atomic E-state index is -0.152. The van der Waals surface area contributed by atoms with Crippen LogP contribution in [0.2, 0.25) is 0 Å². The maximum absolute atomic E-state index is 13.0. The highest BCUT2D eigenvalue weighted by molar-refractivity contribution is 5.16. The zero-order valence-electron chi connectivity index (χ0n) is 11.0. The van der Waals surface area contributed by atoms with E-state index in [1.54, 1.807) is 12.1 Å². The van der Waals surface area contributed by atoms with Gasteiger partial charge in [-0.2, -0.15) is 0 Å². The summed E-state index contributed by atoms with van der Waals surface area (Å²) in [7, 11) is 0. The number of hydrogen-bond donors (Lipinski definition) is 1. The molecule has 0 saturated carbocycles.